The van der Waals surface area contributed by atoms with E-state index in [9.17, 15) is 4.79 Å². The highest BCUT2D eigenvalue weighted by Crippen LogP contribution is 2.26. The lowest BCUT2D eigenvalue weighted by atomic mass is 9.84. The highest BCUT2D eigenvalue weighted by Gasteiger charge is 2.22. The van der Waals surface area contributed by atoms with Crippen molar-refractivity contribution in [3.63, 3.8) is 0 Å². The third kappa shape index (κ3) is 3.00. The Hall–Kier alpha value is -1.58. The van der Waals surface area contributed by atoms with Crippen molar-refractivity contribution < 1.29 is 4.79 Å². The van der Waals surface area contributed by atoms with Crippen LogP contribution in [0.1, 0.15) is 49.4 Å². The molecule has 1 aromatic heterocycles. The lowest BCUT2D eigenvalue weighted by molar-refractivity contribution is 0.0920. The molecule has 1 heterocycles. The van der Waals surface area contributed by atoms with Gasteiger partial charge in [-0.15, -0.1) is 0 Å². The molecule has 1 aliphatic rings. The van der Waals surface area contributed by atoms with E-state index in [4.69, 9.17) is 5.73 Å². The SMILES string of the molecule is CC(NC(=O)c1cccnc1N)C1CCCCC1. The summed E-state index contributed by atoms with van der Waals surface area (Å²) in [6.07, 6.45) is 7.90. The maximum atomic E-state index is 12.1. The smallest absolute Gasteiger partial charge is 0.255 e. The van der Waals surface area contributed by atoms with Crippen LogP contribution in [-0.2, 0) is 0 Å². The van der Waals surface area contributed by atoms with Crippen molar-refractivity contribution in [1.29, 1.82) is 0 Å². The Morgan fingerprint density at radius 3 is 2.83 bits per heavy atom. The quantitative estimate of drug-likeness (QED) is 0.861. The topological polar surface area (TPSA) is 68.0 Å². The van der Waals surface area contributed by atoms with E-state index in [1.807, 2.05) is 0 Å². The molecule has 4 nitrogen and oxygen atoms in total. The van der Waals surface area contributed by atoms with E-state index in [2.05, 4.69) is 17.2 Å². The summed E-state index contributed by atoms with van der Waals surface area (Å²) >= 11 is 0. The van der Waals surface area contributed by atoms with Crippen molar-refractivity contribution in [1.82, 2.24) is 10.3 Å². The molecule has 4 heteroatoms. The van der Waals surface area contributed by atoms with Gasteiger partial charge in [-0.1, -0.05) is 19.3 Å². The number of amides is 1. The molecule has 18 heavy (non-hydrogen) atoms. The molecule has 0 saturated heterocycles. The van der Waals surface area contributed by atoms with E-state index >= 15 is 0 Å². The minimum Gasteiger partial charge on any atom is -0.383 e. The second-order valence-corrected chi connectivity index (χ2v) is 5.10. The normalized spacial score (nSPS) is 18.3. The van der Waals surface area contributed by atoms with Crippen LogP contribution in [0.2, 0.25) is 0 Å². The van der Waals surface area contributed by atoms with Crippen LogP contribution in [0, 0.1) is 5.92 Å². The highest BCUT2D eigenvalue weighted by molar-refractivity contribution is 5.98. The van der Waals surface area contributed by atoms with E-state index in [-0.39, 0.29) is 11.9 Å². The van der Waals surface area contributed by atoms with Crippen molar-refractivity contribution >= 4 is 11.7 Å². The molecule has 2 rings (SSSR count). The Kier molecular flexibility index (Phi) is 4.18. The molecule has 1 saturated carbocycles. The van der Waals surface area contributed by atoms with Crippen molar-refractivity contribution in [2.45, 2.75) is 45.1 Å². The van der Waals surface area contributed by atoms with Gasteiger partial charge in [-0.2, -0.15) is 0 Å². The molecule has 98 valence electrons. The molecule has 3 N–H and O–H groups in total. The molecular weight excluding hydrogens is 226 g/mol. The van der Waals surface area contributed by atoms with Crippen molar-refractivity contribution in [3.05, 3.63) is 23.9 Å². The molecule has 0 aliphatic heterocycles. The van der Waals surface area contributed by atoms with E-state index in [1.54, 1.807) is 18.3 Å². The van der Waals surface area contributed by atoms with Crippen LogP contribution < -0.4 is 11.1 Å². The lowest BCUT2D eigenvalue weighted by Crippen LogP contribution is -2.39. The zero-order valence-electron chi connectivity index (χ0n) is 10.9. The van der Waals surface area contributed by atoms with Gasteiger partial charge in [0.15, 0.2) is 0 Å². The summed E-state index contributed by atoms with van der Waals surface area (Å²) in [5.74, 6) is 0.783. The standard InChI is InChI=1S/C14H21N3O/c1-10(11-6-3-2-4-7-11)17-14(18)12-8-5-9-16-13(12)15/h5,8-11H,2-4,6-7H2,1H3,(H2,15,16)(H,17,18). The second-order valence-electron chi connectivity index (χ2n) is 5.10. The number of nitrogens with two attached hydrogens (primary N) is 1. The van der Waals surface area contributed by atoms with Gasteiger partial charge in [0.1, 0.15) is 5.82 Å². The fourth-order valence-corrected chi connectivity index (χ4v) is 2.65. The highest BCUT2D eigenvalue weighted by atomic mass is 16.1. The van der Waals surface area contributed by atoms with E-state index in [0.717, 1.165) is 0 Å². The Morgan fingerprint density at radius 2 is 2.17 bits per heavy atom. The zero-order chi connectivity index (χ0) is 13.0. The second kappa shape index (κ2) is 5.85. The Balaban J connectivity index is 1.96. The van der Waals surface area contributed by atoms with Gasteiger partial charge in [-0.05, 0) is 37.8 Å². The average Bonchev–Trinajstić information content (AvgIpc) is 2.40. The van der Waals surface area contributed by atoms with Gasteiger partial charge in [-0.3, -0.25) is 4.79 Å². The van der Waals surface area contributed by atoms with Crippen LogP contribution in [0.5, 0.6) is 0 Å². The van der Waals surface area contributed by atoms with Crippen LogP contribution >= 0.6 is 0 Å². The fraction of sp³-hybridized carbons (Fsp3) is 0.571. The van der Waals surface area contributed by atoms with Crippen LogP contribution in [0.15, 0.2) is 18.3 Å². The van der Waals surface area contributed by atoms with Crippen LogP contribution in [0.3, 0.4) is 0 Å². The number of carbonyl (C=O) groups excluding carboxylic acids is 1. The average molecular weight is 247 g/mol. The summed E-state index contributed by atoms with van der Waals surface area (Å²) in [6, 6.07) is 3.65. The van der Waals surface area contributed by atoms with Crippen molar-refractivity contribution in [2.24, 2.45) is 5.92 Å². The van der Waals surface area contributed by atoms with Gasteiger partial charge in [0, 0.05) is 12.2 Å². The molecule has 1 aliphatic carbocycles. The number of nitrogens with zero attached hydrogens (tertiary/aromatic N) is 1. The summed E-state index contributed by atoms with van der Waals surface area (Å²) in [5, 5.41) is 3.05. The van der Waals surface area contributed by atoms with E-state index < -0.39 is 0 Å². The molecule has 1 fully saturated rings. The Morgan fingerprint density at radius 1 is 1.44 bits per heavy atom. The first-order valence-electron chi connectivity index (χ1n) is 6.70. The van der Waals surface area contributed by atoms with E-state index in [1.165, 1.54) is 32.1 Å². The number of anilines is 1. The first-order valence-corrected chi connectivity index (χ1v) is 6.70. The van der Waals surface area contributed by atoms with Crippen LogP contribution in [0.25, 0.3) is 0 Å². The minimum atomic E-state index is -0.112. The fourth-order valence-electron chi connectivity index (χ4n) is 2.65. The molecule has 1 unspecified atom stereocenters. The molecule has 0 radical (unpaired) electrons. The number of hydrogen-bond donors (Lipinski definition) is 2. The van der Waals surface area contributed by atoms with Crippen molar-refractivity contribution in [3.8, 4) is 0 Å². The predicted molar refractivity (Wildman–Crippen MR) is 72.2 cm³/mol. The number of nitrogens with one attached hydrogen (secondary N) is 1. The molecular formula is C14H21N3O. The maximum absolute atomic E-state index is 12.1. The number of pyridine rings is 1. The summed E-state index contributed by atoms with van der Waals surface area (Å²) in [6.45, 7) is 2.08. The predicted octanol–water partition coefficient (Wildman–Crippen LogP) is 2.36. The number of rotatable bonds is 3. The van der Waals surface area contributed by atoms with Gasteiger partial charge >= 0.3 is 0 Å². The molecule has 0 bridgehead atoms. The van der Waals surface area contributed by atoms with E-state index in [0.29, 0.717) is 17.3 Å². The van der Waals surface area contributed by atoms with Crippen LogP contribution in [0.4, 0.5) is 5.82 Å². The summed E-state index contributed by atoms with van der Waals surface area (Å²) in [4.78, 5) is 16.0. The summed E-state index contributed by atoms with van der Waals surface area (Å²) in [5.41, 5.74) is 6.18. The molecule has 1 amide bonds. The van der Waals surface area contributed by atoms with Gasteiger partial charge in [0.2, 0.25) is 0 Å². The Labute approximate surface area is 108 Å². The molecule has 1 aromatic rings. The van der Waals surface area contributed by atoms with Crippen molar-refractivity contribution in [2.75, 3.05) is 5.73 Å². The number of hydrogen-bond acceptors (Lipinski definition) is 3. The number of nitrogen functional groups attached to an aromatic ring is 1. The molecule has 0 aromatic carbocycles. The monoisotopic (exact) mass is 247 g/mol. The minimum absolute atomic E-state index is 0.112. The summed E-state index contributed by atoms with van der Waals surface area (Å²) in [7, 11) is 0. The largest absolute Gasteiger partial charge is 0.383 e. The maximum Gasteiger partial charge on any atom is 0.255 e. The zero-order valence-corrected chi connectivity index (χ0v) is 10.9. The van der Waals surface area contributed by atoms with Crippen LogP contribution in [-0.4, -0.2) is 16.9 Å². The van der Waals surface area contributed by atoms with Gasteiger partial charge in [0.25, 0.3) is 5.91 Å². The summed E-state index contributed by atoms with van der Waals surface area (Å²) < 4.78 is 0. The first kappa shape index (κ1) is 12.9. The van der Waals surface area contributed by atoms with Gasteiger partial charge in [-0.25, -0.2) is 4.98 Å². The van der Waals surface area contributed by atoms with Gasteiger partial charge < -0.3 is 11.1 Å². The third-order valence-electron chi connectivity index (χ3n) is 3.80. The lowest BCUT2D eigenvalue weighted by Gasteiger charge is -2.28. The number of carbonyl (C=O) groups is 1. The van der Waals surface area contributed by atoms with Gasteiger partial charge in [0.05, 0.1) is 5.56 Å². The molecule has 0 spiro atoms. The number of aromatic nitrogens is 1. The third-order valence-corrected chi connectivity index (χ3v) is 3.80. The molecule has 1 atom stereocenters. The Bertz CT molecular complexity index is 413. The first-order chi connectivity index (χ1) is 8.68.